The SMILES string of the molecule is COc1ccc(Cn2[nH]c(=O)c3ncc(Cl)nc32)c(OC)c1. The molecule has 0 bridgehead atoms. The number of aromatic amines is 1. The fourth-order valence-electron chi connectivity index (χ4n) is 2.20. The minimum atomic E-state index is -0.313. The molecule has 0 atom stereocenters. The van der Waals surface area contributed by atoms with Crippen molar-refractivity contribution in [3.63, 3.8) is 0 Å². The van der Waals surface area contributed by atoms with E-state index < -0.39 is 0 Å². The standard InChI is InChI=1S/C14H13ClN4O3/c1-21-9-4-3-8(10(5-9)22-2)7-19-13-12(14(20)18-19)16-6-11(15)17-13/h3-6H,7H2,1-2H3,(H,18,20). The Morgan fingerprint density at radius 3 is 2.86 bits per heavy atom. The molecular weight excluding hydrogens is 308 g/mol. The van der Waals surface area contributed by atoms with Crippen molar-refractivity contribution in [1.82, 2.24) is 19.7 Å². The molecule has 22 heavy (non-hydrogen) atoms. The zero-order valence-electron chi connectivity index (χ0n) is 12.0. The van der Waals surface area contributed by atoms with Crippen molar-refractivity contribution in [2.45, 2.75) is 6.54 Å². The third-order valence-electron chi connectivity index (χ3n) is 3.25. The minimum Gasteiger partial charge on any atom is -0.497 e. The van der Waals surface area contributed by atoms with Gasteiger partial charge in [-0.15, -0.1) is 0 Å². The summed E-state index contributed by atoms with van der Waals surface area (Å²) in [5, 5.41) is 2.92. The fraction of sp³-hybridized carbons (Fsp3) is 0.214. The van der Waals surface area contributed by atoms with Gasteiger partial charge in [0.25, 0.3) is 5.56 Å². The lowest BCUT2D eigenvalue weighted by Gasteiger charge is -2.11. The Morgan fingerprint density at radius 1 is 1.32 bits per heavy atom. The molecule has 8 heteroatoms. The molecule has 0 fully saturated rings. The molecule has 0 aliphatic rings. The third kappa shape index (κ3) is 2.50. The number of hydrogen-bond donors (Lipinski definition) is 1. The van der Waals surface area contributed by atoms with Crippen LogP contribution in [0.3, 0.4) is 0 Å². The maximum absolute atomic E-state index is 11.9. The summed E-state index contributed by atoms with van der Waals surface area (Å²) >= 11 is 5.86. The van der Waals surface area contributed by atoms with Crippen molar-refractivity contribution >= 4 is 22.8 Å². The summed E-state index contributed by atoms with van der Waals surface area (Å²) < 4.78 is 12.1. The van der Waals surface area contributed by atoms with Gasteiger partial charge in [0.05, 0.1) is 27.0 Å². The summed E-state index contributed by atoms with van der Waals surface area (Å²) in [7, 11) is 3.16. The molecule has 2 aromatic heterocycles. The molecule has 1 aromatic carbocycles. The Bertz CT molecular complexity index is 887. The van der Waals surface area contributed by atoms with Gasteiger partial charge in [0.15, 0.2) is 11.2 Å². The molecule has 0 amide bonds. The highest BCUT2D eigenvalue weighted by atomic mass is 35.5. The van der Waals surface area contributed by atoms with E-state index in [0.29, 0.717) is 23.7 Å². The molecule has 0 radical (unpaired) electrons. The van der Waals surface area contributed by atoms with Crippen LogP contribution in [0.15, 0.2) is 29.2 Å². The first-order chi connectivity index (χ1) is 10.6. The number of hydrogen-bond acceptors (Lipinski definition) is 5. The van der Waals surface area contributed by atoms with Crippen LogP contribution in [0.4, 0.5) is 0 Å². The number of nitrogens with one attached hydrogen (secondary N) is 1. The van der Waals surface area contributed by atoms with E-state index in [0.717, 1.165) is 5.56 Å². The molecule has 2 heterocycles. The normalized spacial score (nSPS) is 10.9. The lowest BCUT2D eigenvalue weighted by atomic mass is 10.2. The number of methoxy groups -OCH3 is 2. The van der Waals surface area contributed by atoms with E-state index in [1.807, 2.05) is 12.1 Å². The Hall–Kier alpha value is -2.54. The number of nitrogens with zero attached hydrogens (tertiary/aromatic N) is 3. The number of rotatable bonds is 4. The van der Waals surface area contributed by atoms with Crippen LogP contribution in [0.25, 0.3) is 11.2 Å². The summed E-state index contributed by atoms with van der Waals surface area (Å²) in [5.74, 6) is 1.34. The van der Waals surface area contributed by atoms with Gasteiger partial charge in [0, 0.05) is 11.6 Å². The van der Waals surface area contributed by atoms with E-state index in [-0.39, 0.29) is 16.2 Å². The van der Waals surface area contributed by atoms with Crippen molar-refractivity contribution in [3.05, 3.63) is 45.5 Å². The second-order valence-electron chi connectivity index (χ2n) is 4.57. The maximum atomic E-state index is 11.9. The van der Waals surface area contributed by atoms with E-state index in [1.165, 1.54) is 6.20 Å². The smallest absolute Gasteiger partial charge is 0.292 e. The van der Waals surface area contributed by atoms with Gasteiger partial charge in [-0.3, -0.25) is 14.6 Å². The molecule has 3 rings (SSSR count). The van der Waals surface area contributed by atoms with Gasteiger partial charge < -0.3 is 9.47 Å². The van der Waals surface area contributed by atoms with Crippen LogP contribution in [0.2, 0.25) is 5.15 Å². The first-order valence-corrected chi connectivity index (χ1v) is 6.82. The molecule has 1 N–H and O–H groups in total. The third-order valence-corrected chi connectivity index (χ3v) is 3.44. The predicted molar refractivity (Wildman–Crippen MR) is 81.8 cm³/mol. The summed E-state index contributed by atoms with van der Waals surface area (Å²) in [6.07, 6.45) is 1.34. The lowest BCUT2D eigenvalue weighted by molar-refractivity contribution is 0.389. The number of halogens is 1. The molecule has 0 spiro atoms. The molecule has 114 valence electrons. The molecule has 0 unspecified atom stereocenters. The van der Waals surface area contributed by atoms with E-state index in [4.69, 9.17) is 21.1 Å². The Balaban J connectivity index is 2.07. The lowest BCUT2D eigenvalue weighted by Crippen LogP contribution is -2.08. The zero-order valence-corrected chi connectivity index (χ0v) is 12.7. The number of H-pyrrole nitrogens is 1. The van der Waals surface area contributed by atoms with Crippen LogP contribution < -0.4 is 15.0 Å². The molecule has 0 aliphatic carbocycles. The Labute approximate surface area is 130 Å². The maximum Gasteiger partial charge on any atom is 0.292 e. The van der Waals surface area contributed by atoms with Gasteiger partial charge >= 0.3 is 0 Å². The van der Waals surface area contributed by atoms with E-state index in [1.54, 1.807) is 25.0 Å². The van der Waals surface area contributed by atoms with Gasteiger partial charge in [-0.2, -0.15) is 0 Å². The van der Waals surface area contributed by atoms with Gasteiger partial charge in [-0.25, -0.2) is 9.97 Å². The second kappa shape index (κ2) is 5.69. The Kier molecular flexibility index (Phi) is 3.72. The first-order valence-electron chi connectivity index (χ1n) is 6.44. The number of fused-ring (bicyclic) bond motifs is 1. The van der Waals surface area contributed by atoms with Crippen molar-refractivity contribution in [2.24, 2.45) is 0 Å². The number of ether oxygens (including phenoxy) is 2. The summed E-state index contributed by atoms with van der Waals surface area (Å²) in [5.41, 5.74) is 1.19. The predicted octanol–water partition coefficient (Wildman–Crippen LogP) is 1.84. The van der Waals surface area contributed by atoms with Crippen molar-refractivity contribution in [1.29, 1.82) is 0 Å². The van der Waals surface area contributed by atoms with Crippen molar-refractivity contribution < 1.29 is 9.47 Å². The largest absolute Gasteiger partial charge is 0.497 e. The second-order valence-corrected chi connectivity index (χ2v) is 4.96. The van der Waals surface area contributed by atoms with Crippen LogP contribution in [-0.4, -0.2) is 34.0 Å². The molecule has 0 saturated carbocycles. The zero-order chi connectivity index (χ0) is 15.7. The first kappa shape index (κ1) is 14.4. The van der Waals surface area contributed by atoms with Gasteiger partial charge in [-0.1, -0.05) is 11.6 Å². The summed E-state index contributed by atoms with van der Waals surface area (Å²) in [6, 6.07) is 5.46. The highest BCUT2D eigenvalue weighted by molar-refractivity contribution is 6.29. The van der Waals surface area contributed by atoms with E-state index >= 15 is 0 Å². The molecule has 0 saturated heterocycles. The number of aromatic nitrogens is 4. The topological polar surface area (TPSA) is 82.0 Å². The monoisotopic (exact) mass is 320 g/mol. The van der Waals surface area contributed by atoms with E-state index in [9.17, 15) is 4.79 Å². The van der Waals surface area contributed by atoms with Crippen LogP contribution in [0.5, 0.6) is 11.5 Å². The van der Waals surface area contributed by atoms with Crippen molar-refractivity contribution in [3.8, 4) is 11.5 Å². The van der Waals surface area contributed by atoms with Crippen LogP contribution in [0.1, 0.15) is 5.56 Å². The average Bonchev–Trinajstić information content (AvgIpc) is 2.83. The van der Waals surface area contributed by atoms with Gasteiger partial charge in [0.2, 0.25) is 0 Å². The summed E-state index contributed by atoms with van der Waals surface area (Å²) in [6.45, 7) is 0.362. The van der Waals surface area contributed by atoms with Crippen LogP contribution in [0, 0.1) is 0 Å². The highest BCUT2D eigenvalue weighted by Crippen LogP contribution is 2.25. The van der Waals surface area contributed by atoms with E-state index in [2.05, 4.69) is 15.1 Å². The fourth-order valence-corrected chi connectivity index (χ4v) is 2.33. The Morgan fingerprint density at radius 2 is 2.14 bits per heavy atom. The summed E-state index contributed by atoms with van der Waals surface area (Å²) in [4.78, 5) is 20.0. The molecule has 0 aliphatic heterocycles. The van der Waals surface area contributed by atoms with Gasteiger partial charge in [-0.05, 0) is 12.1 Å². The van der Waals surface area contributed by atoms with Crippen LogP contribution in [-0.2, 0) is 6.54 Å². The number of benzene rings is 1. The average molecular weight is 321 g/mol. The molecular formula is C14H13ClN4O3. The quantitative estimate of drug-likeness (QED) is 0.793. The van der Waals surface area contributed by atoms with Crippen LogP contribution >= 0.6 is 11.6 Å². The van der Waals surface area contributed by atoms with Crippen molar-refractivity contribution in [2.75, 3.05) is 14.2 Å². The molecule has 3 aromatic rings. The minimum absolute atomic E-state index is 0.224. The highest BCUT2D eigenvalue weighted by Gasteiger charge is 2.13. The molecule has 7 nitrogen and oxygen atoms in total. The van der Waals surface area contributed by atoms with Gasteiger partial charge in [0.1, 0.15) is 16.7 Å².